The molecular weight excluding hydrogens is 325 g/mol. The van der Waals surface area contributed by atoms with E-state index < -0.39 is 27.5 Å². The summed E-state index contributed by atoms with van der Waals surface area (Å²) in [5, 5.41) is 0. The molecule has 2 aromatic rings. The molecule has 0 saturated heterocycles. The first-order valence-corrected chi connectivity index (χ1v) is 8.09. The third-order valence-corrected chi connectivity index (χ3v) is 5.55. The lowest BCUT2D eigenvalue weighted by Crippen LogP contribution is -2.12. The van der Waals surface area contributed by atoms with Gasteiger partial charge in [-0.25, -0.2) is 21.6 Å². The van der Waals surface area contributed by atoms with Crippen molar-refractivity contribution in [2.24, 2.45) is 5.73 Å². The topological polar surface area (TPSA) is 72.2 Å². The van der Waals surface area contributed by atoms with Crippen LogP contribution in [0.3, 0.4) is 0 Å². The molecule has 1 aromatic heterocycles. The predicted molar refractivity (Wildman–Crippen MR) is 74.2 cm³/mol. The Balaban J connectivity index is 2.28. The van der Waals surface area contributed by atoms with Crippen LogP contribution in [0.2, 0.25) is 0 Å². The molecule has 0 atom stereocenters. The molecule has 114 valence electrons. The Kier molecular flexibility index (Phi) is 4.55. The van der Waals surface area contributed by atoms with Crippen LogP contribution in [0, 0.1) is 17.5 Å². The van der Waals surface area contributed by atoms with Crippen LogP contribution in [0.25, 0.3) is 0 Å². The summed E-state index contributed by atoms with van der Waals surface area (Å²) in [5.41, 5.74) is 4.98. The van der Waals surface area contributed by atoms with E-state index in [1.54, 1.807) is 6.07 Å². The molecule has 1 heterocycles. The molecule has 0 fully saturated rings. The van der Waals surface area contributed by atoms with Crippen LogP contribution < -0.4 is 10.5 Å². The first-order chi connectivity index (χ1) is 9.83. The minimum absolute atomic E-state index is 0.0175. The van der Waals surface area contributed by atoms with Crippen LogP contribution in [0.1, 0.15) is 4.88 Å². The number of nitrogens with two attached hydrogens (primary N) is 1. The Morgan fingerprint density at radius 2 is 1.76 bits per heavy atom. The van der Waals surface area contributed by atoms with Crippen molar-refractivity contribution < 1.29 is 21.6 Å². The summed E-state index contributed by atoms with van der Waals surface area (Å²) in [6, 6.07) is 4.13. The summed E-state index contributed by atoms with van der Waals surface area (Å²) >= 11 is 1.00. The fraction of sp³-hybridized carbons (Fsp3) is 0.167. The first kappa shape index (κ1) is 15.8. The molecule has 3 N–H and O–H groups in total. The van der Waals surface area contributed by atoms with E-state index in [1.165, 1.54) is 6.07 Å². The van der Waals surface area contributed by atoms with E-state index >= 15 is 0 Å². The van der Waals surface area contributed by atoms with Crippen molar-refractivity contribution in [2.75, 3.05) is 11.3 Å². The molecule has 0 aliphatic heterocycles. The summed E-state index contributed by atoms with van der Waals surface area (Å²) in [6.45, 7) is 0.377. The van der Waals surface area contributed by atoms with Gasteiger partial charge in [-0.1, -0.05) is 0 Å². The normalized spacial score (nSPS) is 11.6. The van der Waals surface area contributed by atoms with Gasteiger partial charge < -0.3 is 5.73 Å². The monoisotopic (exact) mass is 336 g/mol. The van der Waals surface area contributed by atoms with Gasteiger partial charge in [-0.2, -0.15) is 0 Å². The van der Waals surface area contributed by atoms with Gasteiger partial charge in [0.1, 0.15) is 4.21 Å². The Bertz CT molecular complexity index is 737. The lowest BCUT2D eigenvalue weighted by molar-refractivity contribution is 0.448. The third-order valence-electron chi connectivity index (χ3n) is 2.53. The molecule has 4 nitrogen and oxygen atoms in total. The average molecular weight is 336 g/mol. The van der Waals surface area contributed by atoms with E-state index in [0.29, 0.717) is 25.1 Å². The Morgan fingerprint density at radius 3 is 2.33 bits per heavy atom. The lowest BCUT2D eigenvalue weighted by atomic mass is 10.3. The summed E-state index contributed by atoms with van der Waals surface area (Å²) in [5.74, 6) is -4.59. The lowest BCUT2D eigenvalue weighted by Gasteiger charge is -2.07. The molecule has 0 spiro atoms. The SMILES string of the molecule is NCCc1ccc(S(=O)(=O)Nc2cc(F)c(F)c(F)c2)s1. The molecule has 0 unspecified atom stereocenters. The zero-order valence-electron chi connectivity index (χ0n) is 10.6. The van der Waals surface area contributed by atoms with Gasteiger partial charge in [0.15, 0.2) is 17.5 Å². The van der Waals surface area contributed by atoms with Crippen molar-refractivity contribution in [2.45, 2.75) is 10.6 Å². The predicted octanol–water partition coefficient (Wildman–Crippen LogP) is 2.47. The molecule has 1 aromatic carbocycles. The molecule has 0 aliphatic carbocycles. The highest BCUT2D eigenvalue weighted by atomic mass is 32.2. The molecule has 0 aliphatic rings. The minimum atomic E-state index is -3.99. The zero-order valence-corrected chi connectivity index (χ0v) is 12.2. The van der Waals surface area contributed by atoms with Crippen LogP contribution in [0.5, 0.6) is 0 Å². The Labute approximate surface area is 123 Å². The van der Waals surface area contributed by atoms with Crippen LogP contribution in [-0.4, -0.2) is 15.0 Å². The van der Waals surface area contributed by atoms with Crippen molar-refractivity contribution >= 4 is 27.0 Å². The number of nitrogens with one attached hydrogen (secondary N) is 1. The third kappa shape index (κ3) is 3.55. The summed E-state index contributed by atoms with van der Waals surface area (Å²) in [7, 11) is -3.99. The number of rotatable bonds is 5. The van der Waals surface area contributed by atoms with E-state index in [0.717, 1.165) is 16.2 Å². The number of sulfonamides is 1. The maximum atomic E-state index is 13.1. The summed E-state index contributed by atoms with van der Waals surface area (Å²) in [4.78, 5) is 0.773. The van der Waals surface area contributed by atoms with Crippen molar-refractivity contribution in [1.82, 2.24) is 0 Å². The second kappa shape index (κ2) is 6.04. The van der Waals surface area contributed by atoms with E-state index in [-0.39, 0.29) is 9.90 Å². The Hall–Kier alpha value is -1.58. The van der Waals surface area contributed by atoms with Gasteiger partial charge >= 0.3 is 0 Å². The van der Waals surface area contributed by atoms with Crippen LogP contribution in [0.15, 0.2) is 28.5 Å². The highest BCUT2D eigenvalue weighted by Crippen LogP contribution is 2.25. The molecule has 0 saturated carbocycles. The van der Waals surface area contributed by atoms with Crippen molar-refractivity contribution in [1.29, 1.82) is 0 Å². The van der Waals surface area contributed by atoms with Crippen molar-refractivity contribution in [3.8, 4) is 0 Å². The minimum Gasteiger partial charge on any atom is -0.330 e. The summed E-state index contributed by atoms with van der Waals surface area (Å²) in [6.07, 6.45) is 0.528. The van der Waals surface area contributed by atoms with Gasteiger partial charge in [0.25, 0.3) is 10.0 Å². The van der Waals surface area contributed by atoms with Crippen LogP contribution >= 0.6 is 11.3 Å². The number of anilines is 1. The molecule has 21 heavy (non-hydrogen) atoms. The molecule has 0 amide bonds. The quantitative estimate of drug-likeness (QED) is 0.824. The highest BCUT2D eigenvalue weighted by Gasteiger charge is 2.19. The fourth-order valence-corrected chi connectivity index (χ4v) is 4.01. The largest absolute Gasteiger partial charge is 0.330 e. The number of benzene rings is 1. The molecule has 9 heteroatoms. The Morgan fingerprint density at radius 1 is 1.14 bits per heavy atom. The standard InChI is InChI=1S/C12H11F3N2O2S2/c13-9-5-7(6-10(14)12(9)15)17-21(18,19)11-2-1-8(20-11)3-4-16/h1-2,5-6,17H,3-4,16H2. The van der Waals surface area contributed by atoms with Gasteiger partial charge in [-0.05, 0) is 25.1 Å². The fourth-order valence-electron chi connectivity index (χ4n) is 1.60. The van der Waals surface area contributed by atoms with Gasteiger partial charge in [-0.3, -0.25) is 4.72 Å². The average Bonchev–Trinajstić information content (AvgIpc) is 2.85. The van der Waals surface area contributed by atoms with Gasteiger partial charge in [-0.15, -0.1) is 11.3 Å². The van der Waals surface area contributed by atoms with Crippen LogP contribution in [-0.2, 0) is 16.4 Å². The van der Waals surface area contributed by atoms with E-state index in [1.807, 2.05) is 4.72 Å². The molecule has 2 rings (SSSR count). The zero-order chi connectivity index (χ0) is 15.6. The van der Waals surface area contributed by atoms with E-state index in [4.69, 9.17) is 5.73 Å². The number of halogens is 3. The van der Waals surface area contributed by atoms with Crippen molar-refractivity contribution in [3.05, 3.63) is 46.6 Å². The second-order valence-corrected chi connectivity index (χ2v) is 7.20. The molecule has 0 bridgehead atoms. The van der Waals surface area contributed by atoms with Gasteiger partial charge in [0.2, 0.25) is 0 Å². The summed E-state index contributed by atoms with van der Waals surface area (Å²) < 4.78 is 65.0. The number of hydrogen-bond donors (Lipinski definition) is 2. The first-order valence-electron chi connectivity index (χ1n) is 5.79. The van der Waals surface area contributed by atoms with Gasteiger partial charge in [0.05, 0.1) is 5.69 Å². The maximum Gasteiger partial charge on any atom is 0.271 e. The van der Waals surface area contributed by atoms with E-state index in [9.17, 15) is 21.6 Å². The molecular formula is C12H11F3N2O2S2. The van der Waals surface area contributed by atoms with Crippen molar-refractivity contribution in [3.63, 3.8) is 0 Å². The molecule has 0 radical (unpaired) electrons. The smallest absolute Gasteiger partial charge is 0.271 e. The van der Waals surface area contributed by atoms with Gasteiger partial charge in [0, 0.05) is 17.0 Å². The number of hydrogen-bond acceptors (Lipinski definition) is 4. The number of thiophene rings is 1. The van der Waals surface area contributed by atoms with Crippen LogP contribution in [0.4, 0.5) is 18.9 Å². The van der Waals surface area contributed by atoms with E-state index in [2.05, 4.69) is 0 Å². The maximum absolute atomic E-state index is 13.1. The highest BCUT2D eigenvalue weighted by molar-refractivity contribution is 7.94. The second-order valence-electron chi connectivity index (χ2n) is 4.12.